The van der Waals surface area contributed by atoms with Crippen molar-refractivity contribution in [1.29, 1.82) is 5.41 Å². The van der Waals surface area contributed by atoms with Crippen LogP contribution in [0.2, 0.25) is 0 Å². The summed E-state index contributed by atoms with van der Waals surface area (Å²) < 4.78 is 0. The first kappa shape index (κ1) is 18.2. The van der Waals surface area contributed by atoms with Gasteiger partial charge in [-0.3, -0.25) is 15.1 Å². The van der Waals surface area contributed by atoms with Crippen molar-refractivity contribution < 1.29 is 4.79 Å². The van der Waals surface area contributed by atoms with Gasteiger partial charge in [-0.1, -0.05) is 13.8 Å². The number of ketones is 1. The fraction of sp³-hybridized carbons (Fsp3) is 0.846. The van der Waals surface area contributed by atoms with E-state index in [2.05, 4.69) is 16.5 Å². The SMILES string of the molecule is CSCCN(CCCCNC(=N)N)CC(=O)C(C)C. The molecular formula is C13H28N4OS. The van der Waals surface area contributed by atoms with Crippen LogP contribution >= 0.6 is 11.8 Å². The second-order valence-corrected chi connectivity index (χ2v) is 5.92. The van der Waals surface area contributed by atoms with Crippen molar-refractivity contribution in [2.45, 2.75) is 26.7 Å². The van der Waals surface area contributed by atoms with Crippen molar-refractivity contribution in [1.82, 2.24) is 10.2 Å². The van der Waals surface area contributed by atoms with Gasteiger partial charge in [0.15, 0.2) is 5.96 Å². The molecule has 0 heterocycles. The highest BCUT2D eigenvalue weighted by Gasteiger charge is 2.13. The summed E-state index contributed by atoms with van der Waals surface area (Å²) in [4.78, 5) is 14.0. The summed E-state index contributed by atoms with van der Waals surface area (Å²) >= 11 is 1.80. The molecule has 0 aliphatic heterocycles. The largest absolute Gasteiger partial charge is 0.370 e. The molecule has 0 rings (SSSR count). The smallest absolute Gasteiger partial charge is 0.185 e. The van der Waals surface area contributed by atoms with Crippen LogP contribution in [0, 0.1) is 11.3 Å². The van der Waals surface area contributed by atoms with E-state index in [1.165, 1.54) is 0 Å². The van der Waals surface area contributed by atoms with Gasteiger partial charge >= 0.3 is 0 Å². The summed E-state index contributed by atoms with van der Waals surface area (Å²) in [6.45, 7) is 7.07. The lowest BCUT2D eigenvalue weighted by molar-refractivity contribution is -0.123. The van der Waals surface area contributed by atoms with Crippen LogP contribution < -0.4 is 11.1 Å². The molecule has 0 aromatic rings. The van der Waals surface area contributed by atoms with Crippen LogP contribution in [0.25, 0.3) is 0 Å². The number of nitrogens with zero attached hydrogens (tertiary/aromatic N) is 1. The summed E-state index contributed by atoms with van der Waals surface area (Å²) in [6, 6.07) is 0. The van der Waals surface area contributed by atoms with E-state index in [1.807, 2.05) is 13.8 Å². The normalized spacial score (nSPS) is 11.0. The second kappa shape index (κ2) is 11.1. The molecule has 0 aromatic carbocycles. The number of unbranched alkanes of at least 4 members (excludes halogenated alkanes) is 1. The zero-order chi connectivity index (χ0) is 14.7. The van der Waals surface area contributed by atoms with Crippen molar-refractivity contribution in [3.8, 4) is 0 Å². The van der Waals surface area contributed by atoms with Crippen molar-refractivity contribution in [3.63, 3.8) is 0 Å². The maximum absolute atomic E-state index is 11.8. The van der Waals surface area contributed by atoms with E-state index in [0.717, 1.165) is 38.2 Å². The van der Waals surface area contributed by atoms with Crippen molar-refractivity contribution >= 4 is 23.5 Å². The molecule has 0 atom stereocenters. The molecule has 0 bridgehead atoms. The highest BCUT2D eigenvalue weighted by atomic mass is 32.2. The average molecular weight is 288 g/mol. The van der Waals surface area contributed by atoms with Gasteiger partial charge in [0.1, 0.15) is 5.78 Å². The fourth-order valence-electron chi connectivity index (χ4n) is 1.58. The lowest BCUT2D eigenvalue weighted by atomic mass is 10.1. The molecule has 0 amide bonds. The maximum Gasteiger partial charge on any atom is 0.185 e. The molecule has 6 heteroatoms. The number of hydrogen-bond acceptors (Lipinski definition) is 4. The van der Waals surface area contributed by atoms with Gasteiger partial charge in [0.2, 0.25) is 0 Å². The number of nitrogens with one attached hydrogen (secondary N) is 2. The van der Waals surface area contributed by atoms with Gasteiger partial charge in [0.05, 0.1) is 6.54 Å². The fourth-order valence-corrected chi connectivity index (χ4v) is 2.02. The number of hydrogen-bond donors (Lipinski definition) is 3. The highest BCUT2D eigenvalue weighted by Crippen LogP contribution is 2.03. The summed E-state index contributed by atoms with van der Waals surface area (Å²) in [7, 11) is 0. The van der Waals surface area contributed by atoms with Crippen LogP contribution in [-0.2, 0) is 4.79 Å². The van der Waals surface area contributed by atoms with Gasteiger partial charge in [-0.2, -0.15) is 11.8 Å². The van der Waals surface area contributed by atoms with Crippen molar-refractivity contribution in [2.75, 3.05) is 38.2 Å². The van der Waals surface area contributed by atoms with Crippen LogP contribution in [0.5, 0.6) is 0 Å². The summed E-state index contributed by atoms with van der Waals surface area (Å²) in [5.74, 6) is 1.49. The van der Waals surface area contributed by atoms with Crippen LogP contribution in [0.1, 0.15) is 26.7 Å². The van der Waals surface area contributed by atoms with Gasteiger partial charge in [0.25, 0.3) is 0 Å². The Balaban J connectivity index is 3.92. The van der Waals surface area contributed by atoms with E-state index >= 15 is 0 Å². The molecular weight excluding hydrogens is 260 g/mol. The average Bonchev–Trinajstić information content (AvgIpc) is 2.34. The zero-order valence-corrected chi connectivity index (χ0v) is 13.2. The maximum atomic E-state index is 11.8. The first-order valence-corrected chi connectivity index (χ1v) is 8.18. The predicted molar refractivity (Wildman–Crippen MR) is 83.8 cm³/mol. The van der Waals surface area contributed by atoms with Gasteiger partial charge in [0, 0.05) is 24.8 Å². The molecule has 0 aliphatic carbocycles. The van der Waals surface area contributed by atoms with E-state index in [-0.39, 0.29) is 11.9 Å². The zero-order valence-electron chi connectivity index (χ0n) is 12.4. The predicted octanol–water partition coefficient (Wildman–Crippen LogP) is 1.14. The quantitative estimate of drug-likeness (QED) is 0.302. The Hall–Kier alpha value is -0.750. The molecule has 0 radical (unpaired) electrons. The third-order valence-corrected chi connectivity index (χ3v) is 3.44. The lowest BCUT2D eigenvalue weighted by Crippen LogP contribution is -2.35. The lowest BCUT2D eigenvalue weighted by Gasteiger charge is -2.22. The van der Waals surface area contributed by atoms with E-state index < -0.39 is 0 Å². The monoisotopic (exact) mass is 288 g/mol. The van der Waals surface area contributed by atoms with Crippen LogP contribution in [0.4, 0.5) is 0 Å². The molecule has 112 valence electrons. The number of Topliss-reactive ketones (excluding diaryl/α,β-unsaturated/α-hetero) is 1. The standard InChI is InChI=1S/C13H28N4OS/c1-11(2)12(18)10-17(8-9-19-3)7-5-4-6-16-13(14)15/h11H,4-10H2,1-3H3,(H4,14,15,16). The molecule has 5 nitrogen and oxygen atoms in total. The number of carbonyl (C=O) groups is 1. The molecule has 0 saturated carbocycles. The van der Waals surface area contributed by atoms with Crippen LogP contribution in [0.15, 0.2) is 0 Å². The second-order valence-electron chi connectivity index (χ2n) is 4.94. The van der Waals surface area contributed by atoms with Crippen LogP contribution in [0.3, 0.4) is 0 Å². The molecule has 0 aromatic heterocycles. The number of nitrogens with two attached hydrogens (primary N) is 1. The first-order valence-electron chi connectivity index (χ1n) is 6.79. The van der Waals surface area contributed by atoms with Crippen molar-refractivity contribution in [2.24, 2.45) is 11.7 Å². The Morgan fingerprint density at radius 2 is 2.05 bits per heavy atom. The Kier molecular flexibility index (Phi) is 10.7. The van der Waals surface area contributed by atoms with E-state index in [9.17, 15) is 4.79 Å². The van der Waals surface area contributed by atoms with Gasteiger partial charge in [-0.05, 0) is 25.6 Å². The molecule has 0 unspecified atom stereocenters. The Morgan fingerprint density at radius 1 is 1.37 bits per heavy atom. The Labute approximate surface area is 121 Å². The van der Waals surface area contributed by atoms with E-state index in [4.69, 9.17) is 11.1 Å². The minimum absolute atomic E-state index is 0.0224. The number of guanidine groups is 1. The summed E-state index contributed by atoms with van der Waals surface area (Å²) in [6.07, 6.45) is 4.06. The van der Waals surface area contributed by atoms with Crippen LogP contribution in [-0.4, -0.2) is 54.8 Å². The Bertz CT molecular complexity index is 271. The topological polar surface area (TPSA) is 82.2 Å². The minimum atomic E-state index is 0.0224. The summed E-state index contributed by atoms with van der Waals surface area (Å²) in [5, 5.41) is 9.85. The van der Waals surface area contributed by atoms with E-state index in [0.29, 0.717) is 12.3 Å². The van der Waals surface area contributed by atoms with Crippen molar-refractivity contribution in [3.05, 3.63) is 0 Å². The molecule has 0 aliphatic rings. The number of rotatable bonds is 11. The molecule has 0 fully saturated rings. The van der Waals surface area contributed by atoms with Gasteiger partial charge in [-0.25, -0.2) is 0 Å². The number of thioether (sulfide) groups is 1. The molecule has 19 heavy (non-hydrogen) atoms. The minimum Gasteiger partial charge on any atom is -0.370 e. The van der Waals surface area contributed by atoms with Gasteiger partial charge < -0.3 is 11.1 Å². The summed E-state index contributed by atoms with van der Waals surface area (Å²) in [5.41, 5.74) is 5.21. The third kappa shape index (κ3) is 10.8. The molecule has 0 saturated heterocycles. The molecule has 0 spiro atoms. The third-order valence-electron chi connectivity index (χ3n) is 2.85. The number of carbonyl (C=O) groups excluding carboxylic acids is 1. The van der Waals surface area contributed by atoms with Gasteiger partial charge in [-0.15, -0.1) is 0 Å². The molecule has 4 N–H and O–H groups in total. The first-order chi connectivity index (χ1) is 8.97. The Morgan fingerprint density at radius 3 is 2.58 bits per heavy atom. The highest BCUT2D eigenvalue weighted by molar-refractivity contribution is 7.98. The van der Waals surface area contributed by atoms with E-state index in [1.54, 1.807) is 11.8 Å².